The zero-order valence-corrected chi connectivity index (χ0v) is 12.8. The van der Waals surface area contributed by atoms with Crippen LogP contribution in [0.1, 0.15) is 5.56 Å². The summed E-state index contributed by atoms with van der Waals surface area (Å²) in [5, 5.41) is 3.80. The number of ether oxygens (including phenoxy) is 1. The van der Waals surface area contributed by atoms with E-state index in [1.165, 1.54) is 6.07 Å². The summed E-state index contributed by atoms with van der Waals surface area (Å²) in [6.07, 6.45) is 0.754. The molecule has 2 nitrogen and oxygen atoms in total. The van der Waals surface area contributed by atoms with E-state index in [1.807, 2.05) is 18.2 Å². The first-order chi connectivity index (χ1) is 9.63. The molecule has 1 heterocycles. The number of nitrogens with one attached hydrogen (secondary N) is 1. The lowest BCUT2D eigenvalue weighted by Gasteiger charge is -2.14. The van der Waals surface area contributed by atoms with E-state index in [1.54, 1.807) is 12.1 Å². The number of hydrogen-bond donors (Lipinski definition) is 1. The van der Waals surface area contributed by atoms with Gasteiger partial charge in [-0.15, -0.1) is 0 Å². The van der Waals surface area contributed by atoms with E-state index in [0.29, 0.717) is 21.7 Å². The van der Waals surface area contributed by atoms with Crippen molar-refractivity contribution in [2.24, 2.45) is 0 Å². The van der Waals surface area contributed by atoms with Gasteiger partial charge in [0.25, 0.3) is 0 Å². The molecule has 1 N–H and O–H groups in total. The van der Waals surface area contributed by atoms with Crippen molar-refractivity contribution in [3.8, 4) is 5.75 Å². The summed E-state index contributed by atoms with van der Waals surface area (Å²) < 4.78 is 20.2. The van der Waals surface area contributed by atoms with Crippen molar-refractivity contribution in [2.75, 3.05) is 11.9 Å². The highest BCUT2D eigenvalue weighted by Crippen LogP contribution is 2.32. The largest absolute Gasteiger partial charge is 0.488 e. The van der Waals surface area contributed by atoms with Crippen LogP contribution in [0.4, 0.5) is 10.1 Å². The zero-order valence-electron chi connectivity index (χ0n) is 10.5. The number of hydrogen-bond acceptors (Lipinski definition) is 2. The summed E-state index contributed by atoms with van der Waals surface area (Å²) in [5.74, 6) is 0.576. The summed E-state index contributed by atoms with van der Waals surface area (Å²) in [6, 6.07) is 10.5. The fraction of sp³-hybridized carbons (Fsp3) is 0.200. The minimum Gasteiger partial charge on any atom is -0.488 e. The van der Waals surface area contributed by atoms with Crippen LogP contribution >= 0.6 is 27.5 Å². The molecular weight excluding hydrogens is 345 g/mol. The first-order valence-electron chi connectivity index (χ1n) is 6.26. The molecule has 104 valence electrons. The molecule has 1 atom stereocenters. The average molecular weight is 357 g/mol. The monoisotopic (exact) mass is 355 g/mol. The number of halogens is 3. The molecule has 0 amide bonds. The molecule has 2 aromatic carbocycles. The second-order valence-corrected chi connectivity index (χ2v) is 5.96. The van der Waals surface area contributed by atoms with Gasteiger partial charge in [-0.2, -0.15) is 0 Å². The lowest BCUT2D eigenvalue weighted by molar-refractivity contribution is 0.246. The molecule has 0 radical (unpaired) electrons. The second kappa shape index (κ2) is 5.62. The highest BCUT2D eigenvalue weighted by molar-refractivity contribution is 9.10. The van der Waals surface area contributed by atoms with E-state index in [9.17, 15) is 4.39 Å². The molecule has 0 saturated heterocycles. The zero-order chi connectivity index (χ0) is 14.1. The summed E-state index contributed by atoms with van der Waals surface area (Å²) in [4.78, 5) is 0. The van der Waals surface area contributed by atoms with Gasteiger partial charge in [0.2, 0.25) is 0 Å². The Morgan fingerprint density at radius 3 is 3.00 bits per heavy atom. The van der Waals surface area contributed by atoms with Gasteiger partial charge in [0.1, 0.15) is 17.7 Å². The van der Waals surface area contributed by atoms with Crippen LogP contribution < -0.4 is 10.1 Å². The van der Waals surface area contributed by atoms with Crippen LogP contribution in [0.3, 0.4) is 0 Å². The van der Waals surface area contributed by atoms with Gasteiger partial charge in [-0.25, -0.2) is 4.39 Å². The summed E-state index contributed by atoms with van der Waals surface area (Å²) in [5.41, 5.74) is 1.56. The van der Waals surface area contributed by atoms with Gasteiger partial charge < -0.3 is 10.1 Å². The fourth-order valence-electron chi connectivity index (χ4n) is 2.29. The maximum atomic E-state index is 13.7. The number of rotatable bonds is 3. The van der Waals surface area contributed by atoms with Crippen LogP contribution in [0.2, 0.25) is 5.02 Å². The van der Waals surface area contributed by atoms with Gasteiger partial charge in [-0.05, 0) is 51.8 Å². The Morgan fingerprint density at radius 1 is 1.35 bits per heavy atom. The lowest BCUT2D eigenvalue weighted by atomic mass is 10.1. The second-order valence-electron chi connectivity index (χ2n) is 4.67. The topological polar surface area (TPSA) is 21.3 Å². The van der Waals surface area contributed by atoms with E-state index in [2.05, 4.69) is 21.2 Å². The van der Waals surface area contributed by atoms with Crippen LogP contribution in [0, 0.1) is 5.82 Å². The Hall–Kier alpha value is -1.26. The highest BCUT2D eigenvalue weighted by Gasteiger charge is 2.23. The predicted molar refractivity (Wildman–Crippen MR) is 82.2 cm³/mol. The Labute approximate surface area is 130 Å². The Balaban J connectivity index is 1.67. The van der Waals surface area contributed by atoms with Gasteiger partial charge in [0.05, 0.1) is 12.2 Å². The third-order valence-corrected chi connectivity index (χ3v) is 4.13. The number of benzene rings is 2. The minimum absolute atomic E-state index is 0.0185. The molecule has 0 bridgehead atoms. The van der Waals surface area contributed by atoms with Crippen molar-refractivity contribution < 1.29 is 9.13 Å². The van der Waals surface area contributed by atoms with Crippen LogP contribution in [0.25, 0.3) is 0 Å². The molecule has 3 rings (SSSR count). The Morgan fingerprint density at radius 2 is 2.20 bits per heavy atom. The quantitative estimate of drug-likeness (QED) is 0.864. The Kier molecular flexibility index (Phi) is 3.85. The van der Waals surface area contributed by atoms with Crippen molar-refractivity contribution in [1.29, 1.82) is 0 Å². The van der Waals surface area contributed by atoms with Gasteiger partial charge >= 0.3 is 0 Å². The molecule has 0 aliphatic carbocycles. The molecule has 2 aromatic rings. The van der Waals surface area contributed by atoms with Gasteiger partial charge in [-0.3, -0.25) is 0 Å². The molecule has 0 aromatic heterocycles. The minimum atomic E-state index is -0.280. The van der Waals surface area contributed by atoms with Crippen LogP contribution in [-0.2, 0) is 6.42 Å². The molecule has 0 fully saturated rings. The van der Waals surface area contributed by atoms with E-state index < -0.39 is 0 Å². The molecule has 1 aliphatic heterocycles. The SMILES string of the molecule is Fc1cccc(Br)c1NCC1Cc2cc(Cl)ccc2O1. The van der Waals surface area contributed by atoms with E-state index in [0.717, 1.165) is 17.7 Å². The van der Waals surface area contributed by atoms with Crippen molar-refractivity contribution >= 4 is 33.2 Å². The van der Waals surface area contributed by atoms with Crippen molar-refractivity contribution in [2.45, 2.75) is 12.5 Å². The molecule has 1 aliphatic rings. The maximum Gasteiger partial charge on any atom is 0.147 e. The fourth-order valence-corrected chi connectivity index (χ4v) is 2.96. The third-order valence-electron chi connectivity index (χ3n) is 3.23. The van der Waals surface area contributed by atoms with E-state index in [-0.39, 0.29) is 11.9 Å². The normalized spacial score (nSPS) is 16.6. The predicted octanol–water partition coefficient (Wildman–Crippen LogP) is 4.66. The van der Waals surface area contributed by atoms with Gasteiger partial charge in [0, 0.05) is 15.9 Å². The first-order valence-corrected chi connectivity index (χ1v) is 7.43. The third kappa shape index (κ3) is 2.76. The van der Waals surface area contributed by atoms with Crippen molar-refractivity contribution in [3.05, 3.63) is 57.3 Å². The molecular formula is C15H12BrClFNO. The van der Waals surface area contributed by atoms with Gasteiger partial charge in [-0.1, -0.05) is 17.7 Å². The number of anilines is 1. The highest BCUT2D eigenvalue weighted by atomic mass is 79.9. The summed E-state index contributed by atoms with van der Waals surface area (Å²) in [6.45, 7) is 0.534. The van der Waals surface area contributed by atoms with Crippen molar-refractivity contribution in [3.63, 3.8) is 0 Å². The molecule has 1 unspecified atom stereocenters. The molecule has 20 heavy (non-hydrogen) atoms. The van der Waals surface area contributed by atoms with Crippen LogP contribution in [-0.4, -0.2) is 12.6 Å². The molecule has 0 spiro atoms. The van der Waals surface area contributed by atoms with Crippen LogP contribution in [0.5, 0.6) is 5.75 Å². The van der Waals surface area contributed by atoms with Crippen LogP contribution in [0.15, 0.2) is 40.9 Å². The summed E-state index contributed by atoms with van der Waals surface area (Å²) >= 11 is 9.29. The summed E-state index contributed by atoms with van der Waals surface area (Å²) in [7, 11) is 0. The average Bonchev–Trinajstić information content (AvgIpc) is 2.80. The van der Waals surface area contributed by atoms with E-state index in [4.69, 9.17) is 16.3 Å². The lowest BCUT2D eigenvalue weighted by Crippen LogP contribution is -2.24. The molecule has 5 heteroatoms. The molecule has 0 saturated carbocycles. The van der Waals surface area contributed by atoms with Gasteiger partial charge in [0.15, 0.2) is 0 Å². The van der Waals surface area contributed by atoms with E-state index >= 15 is 0 Å². The first kappa shape index (κ1) is 13.7. The number of fused-ring (bicyclic) bond motifs is 1. The number of para-hydroxylation sites is 1. The maximum absolute atomic E-state index is 13.7. The van der Waals surface area contributed by atoms with Crippen molar-refractivity contribution in [1.82, 2.24) is 0 Å². The Bertz CT molecular complexity index is 630. The smallest absolute Gasteiger partial charge is 0.147 e. The standard InChI is InChI=1S/C15H12BrClFNO/c16-12-2-1-3-13(18)15(12)19-8-11-7-9-6-10(17)4-5-14(9)20-11/h1-6,11,19H,7-8H2.